The van der Waals surface area contributed by atoms with Crippen molar-refractivity contribution in [2.24, 2.45) is 0 Å². The summed E-state index contributed by atoms with van der Waals surface area (Å²) in [5, 5.41) is 4.08. The van der Waals surface area contributed by atoms with Gasteiger partial charge in [-0.05, 0) is 18.2 Å². The topological polar surface area (TPSA) is 83.6 Å². The van der Waals surface area contributed by atoms with Gasteiger partial charge >= 0.3 is 0 Å². The van der Waals surface area contributed by atoms with Gasteiger partial charge in [0.15, 0.2) is 5.65 Å². The Bertz CT molecular complexity index is 1060. The number of imidazole rings is 1. The fourth-order valence-corrected chi connectivity index (χ4v) is 2.58. The molecule has 1 amide bonds. The molecule has 0 atom stereocenters. The maximum atomic E-state index is 12.4. The molecule has 7 heteroatoms. The van der Waals surface area contributed by atoms with Crippen molar-refractivity contribution < 1.29 is 4.79 Å². The van der Waals surface area contributed by atoms with Gasteiger partial charge < -0.3 is 10.3 Å². The van der Waals surface area contributed by atoms with Crippen LogP contribution in [0.15, 0.2) is 60.9 Å². The number of benzene rings is 1. The molecule has 0 radical (unpaired) electrons. The van der Waals surface area contributed by atoms with Crippen molar-refractivity contribution in [3.05, 3.63) is 71.6 Å². The molecule has 0 saturated heterocycles. The standard InChI is InChI=1S/C18H12ClN5O/c19-13-8-12-6-7-15(23-17(12)20-9-13)24-18(25)14-10-21-16(22-14)11-4-2-1-3-5-11/h1-10H,(H,21,22)(H,20,23,24,25). The smallest absolute Gasteiger partial charge is 0.274 e. The Morgan fingerprint density at radius 3 is 2.72 bits per heavy atom. The van der Waals surface area contributed by atoms with Crippen LogP contribution in [0.4, 0.5) is 5.82 Å². The first-order valence-electron chi connectivity index (χ1n) is 7.53. The fraction of sp³-hybridized carbons (Fsp3) is 0. The summed E-state index contributed by atoms with van der Waals surface area (Å²) < 4.78 is 0. The Labute approximate surface area is 147 Å². The maximum absolute atomic E-state index is 12.4. The number of fused-ring (bicyclic) bond motifs is 1. The maximum Gasteiger partial charge on any atom is 0.274 e. The molecule has 3 heterocycles. The van der Waals surface area contributed by atoms with E-state index in [0.717, 1.165) is 10.9 Å². The van der Waals surface area contributed by atoms with Crippen LogP contribution >= 0.6 is 11.6 Å². The van der Waals surface area contributed by atoms with Gasteiger partial charge in [-0.2, -0.15) is 0 Å². The van der Waals surface area contributed by atoms with Crippen LogP contribution < -0.4 is 5.32 Å². The van der Waals surface area contributed by atoms with E-state index in [1.807, 2.05) is 30.3 Å². The summed E-state index contributed by atoms with van der Waals surface area (Å²) in [4.78, 5) is 28.1. The highest BCUT2D eigenvalue weighted by Gasteiger charge is 2.12. The van der Waals surface area contributed by atoms with Crippen molar-refractivity contribution in [3.63, 3.8) is 0 Å². The van der Waals surface area contributed by atoms with E-state index in [2.05, 4.69) is 25.3 Å². The first kappa shape index (κ1) is 15.3. The third-order valence-electron chi connectivity index (χ3n) is 3.62. The second-order valence-corrected chi connectivity index (χ2v) is 5.80. The van der Waals surface area contributed by atoms with E-state index in [4.69, 9.17) is 11.6 Å². The molecule has 0 aliphatic rings. The molecular formula is C18H12ClN5O. The number of nitrogens with one attached hydrogen (secondary N) is 2. The van der Waals surface area contributed by atoms with Gasteiger partial charge in [-0.1, -0.05) is 41.9 Å². The first-order chi connectivity index (χ1) is 12.2. The van der Waals surface area contributed by atoms with Crippen LogP contribution in [0.2, 0.25) is 5.02 Å². The molecule has 25 heavy (non-hydrogen) atoms. The number of anilines is 1. The summed E-state index contributed by atoms with van der Waals surface area (Å²) in [5.74, 6) is 0.715. The van der Waals surface area contributed by atoms with Crippen LogP contribution in [0.3, 0.4) is 0 Å². The molecule has 3 aromatic heterocycles. The highest BCUT2D eigenvalue weighted by molar-refractivity contribution is 6.31. The van der Waals surface area contributed by atoms with E-state index in [9.17, 15) is 4.79 Å². The van der Waals surface area contributed by atoms with Gasteiger partial charge in [0.05, 0.1) is 11.2 Å². The summed E-state index contributed by atoms with van der Waals surface area (Å²) in [6.45, 7) is 0. The summed E-state index contributed by atoms with van der Waals surface area (Å²) in [6.07, 6.45) is 3.01. The zero-order valence-corrected chi connectivity index (χ0v) is 13.7. The van der Waals surface area contributed by atoms with Crippen LogP contribution in [0.1, 0.15) is 10.5 Å². The number of aromatic nitrogens is 4. The monoisotopic (exact) mass is 349 g/mol. The zero-order chi connectivity index (χ0) is 17.2. The quantitative estimate of drug-likeness (QED) is 0.587. The number of pyridine rings is 2. The van der Waals surface area contributed by atoms with E-state index in [-0.39, 0.29) is 5.91 Å². The second kappa shape index (κ2) is 6.33. The fourth-order valence-electron chi connectivity index (χ4n) is 2.42. The number of carbonyl (C=O) groups is 1. The Balaban J connectivity index is 1.56. The van der Waals surface area contributed by atoms with E-state index in [1.54, 1.807) is 18.2 Å². The van der Waals surface area contributed by atoms with Gasteiger partial charge in [0, 0.05) is 17.1 Å². The molecule has 0 saturated carbocycles. The van der Waals surface area contributed by atoms with E-state index < -0.39 is 0 Å². The molecule has 0 unspecified atom stereocenters. The first-order valence-corrected chi connectivity index (χ1v) is 7.91. The lowest BCUT2D eigenvalue weighted by molar-refractivity contribution is 0.102. The lowest BCUT2D eigenvalue weighted by Gasteiger charge is -2.04. The number of nitrogens with zero attached hydrogens (tertiary/aromatic N) is 3. The number of hydrogen-bond acceptors (Lipinski definition) is 4. The van der Waals surface area contributed by atoms with Crippen molar-refractivity contribution in [1.29, 1.82) is 0 Å². The van der Waals surface area contributed by atoms with Gasteiger partial charge in [0.2, 0.25) is 0 Å². The normalized spacial score (nSPS) is 10.8. The van der Waals surface area contributed by atoms with Crippen molar-refractivity contribution in [3.8, 4) is 11.4 Å². The highest BCUT2D eigenvalue weighted by Crippen LogP contribution is 2.18. The SMILES string of the molecule is O=C(Nc1ccc2cc(Cl)cnc2n1)c1cnc(-c2ccccc2)[nH]1. The second-order valence-electron chi connectivity index (χ2n) is 5.36. The summed E-state index contributed by atoms with van der Waals surface area (Å²) in [5.41, 5.74) is 1.77. The van der Waals surface area contributed by atoms with E-state index >= 15 is 0 Å². The van der Waals surface area contributed by atoms with E-state index in [1.165, 1.54) is 12.4 Å². The summed E-state index contributed by atoms with van der Waals surface area (Å²) >= 11 is 5.90. The van der Waals surface area contributed by atoms with Crippen LogP contribution in [0.5, 0.6) is 0 Å². The number of halogens is 1. The van der Waals surface area contributed by atoms with Crippen LogP contribution in [0, 0.1) is 0 Å². The minimum Gasteiger partial charge on any atom is -0.334 e. The van der Waals surface area contributed by atoms with Gasteiger partial charge in [0.1, 0.15) is 17.3 Å². The Morgan fingerprint density at radius 2 is 1.88 bits per heavy atom. The van der Waals surface area contributed by atoms with E-state index in [0.29, 0.717) is 28.0 Å². The van der Waals surface area contributed by atoms with Crippen LogP contribution in [0.25, 0.3) is 22.4 Å². The highest BCUT2D eigenvalue weighted by atomic mass is 35.5. The van der Waals surface area contributed by atoms with Crippen molar-refractivity contribution in [2.75, 3.05) is 5.32 Å². The number of H-pyrrole nitrogens is 1. The minimum absolute atomic E-state index is 0.324. The minimum atomic E-state index is -0.324. The van der Waals surface area contributed by atoms with Crippen molar-refractivity contribution in [2.45, 2.75) is 0 Å². The molecule has 0 bridgehead atoms. The molecule has 0 aliphatic heterocycles. The third kappa shape index (κ3) is 3.20. The molecule has 122 valence electrons. The predicted octanol–water partition coefficient (Wildman–Crippen LogP) is 3.93. The van der Waals surface area contributed by atoms with Gasteiger partial charge in [0.25, 0.3) is 5.91 Å². The Morgan fingerprint density at radius 1 is 1.04 bits per heavy atom. The molecule has 0 aliphatic carbocycles. The molecule has 1 aromatic carbocycles. The Kier molecular flexibility index (Phi) is 3.87. The summed E-state index contributed by atoms with van der Waals surface area (Å²) in [7, 11) is 0. The molecule has 2 N–H and O–H groups in total. The number of aromatic amines is 1. The number of carbonyl (C=O) groups excluding carboxylic acids is 1. The summed E-state index contributed by atoms with van der Waals surface area (Å²) in [6, 6.07) is 14.9. The number of amides is 1. The molecule has 4 aromatic rings. The Hall–Kier alpha value is -3.25. The average molecular weight is 350 g/mol. The molecule has 0 fully saturated rings. The molecular weight excluding hydrogens is 338 g/mol. The zero-order valence-electron chi connectivity index (χ0n) is 12.9. The van der Waals surface area contributed by atoms with Crippen molar-refractivity contribution in [1.82, 2.24) is 19.9 Å². The largest absolute Gasteiger partial charge is 0.334 e. The van der Waals surface area contributed by atoms with Gasteiger partial charge in [-0.3, -0.25) is 4.79 Å². The lowest BCUT2D eigenvalue weighted by atomic mass is 10.2. The molecule has 4 rings (SSSR count). The molecule has 0 spiro atoms. The lowest BCUT2D eigenvalue weighted by Crippen LogP contribution is -2.13. The predicted molar refractivity (Wildman–Crippen MR) is 96.5 cm³/mol. The number of hydrogen-bond donors (Lipinski definition) is 2. The van der Waals surface area contributed by atoms with Crippen LogP contribution in [-0.4, -0.2) is 25.8 Å². The average Bonchev–Trinajstić information content (AvgIpc) is 3.13. The van der Waals surface area contributed by atoms with Gasteiger partial charge in [-0.25, -0.2) is 15.0 Å². The third-order valence-corrected chi connectivity index (χ3v) is 3.82. The van der Waals surface area contributed by atoms with Crippen molar-refractivity contribution >= 4 is 34.4 Å². The van der Waals surface area contributed by atoms with Crippen LogP contribution in [-0.2, 0) is 0 Å². The molecule has 6 nitrogen and oxygen atoms in total. The van der Waals surface area contributed by atoms with Gasteiger partial charge in [-0.15, -0.1) is 0 Å². The number of rotatable bonds is 3.